The van der Waals surface area contributed by atoms with E-state index in [0.717, 1.165) is 13.0 Å². The summed E-state index contributed by atoms with van der Waals surface area (Å²) in [5, 5.41) is 11.3. The number of nitrogens with zero attached hydrogens (tertiary/aromatic N) is 4. The number of halogens is 1. The highest BCUT2D eigenvalue weighted by molar-refractivity contribution is 7.22. The third kappa shape index (κ3) is 5.46. The molecule has 0 unspecified atom stereocenters. The number of anilines is 1. The summed E-state index contributed by atoms with van der Waals surface area (Å²) in [7, 11) is 3.92. The average Bonchev–Trinajstić information content (AvgIpc) is 3.12. The second-order valence-corrected chi connectivity index (χ2v) is 7.95. The van der Waals surface area contributed by atoms with E-state index in [-0.39, 0.29) is 17.4 Å². The normalized spacial score (nSPS) is 11.5. The lowest BCUT2D eigenvalue weighted by Crippen LogP contribution is -2.32. The van der Waals surface area contributed by atoms with Crippen LogP contribution in [0.1, 0.15) is 12.0 Å². The summed E-state index contributed by atoms with van der Waals surface area (Å²) in [4.78, 5) is 31.3. The van der Waals surface area contributed by atoms with Gasteiger partial charge in [0.05, 0.1) is 15.1 Å². The molecule has 1 aromatic heterocycles. The van der Waals surface area contributed by atoms with Crippen LogP contribution in [-0.2, 0) is 4.79 Å². The lowest BCUT2D eigenvalue weighted by atomic mass is 10.2. The number of rotatable bonds is 8. The van der Waals surface area contributed by atoms with Gasteiger partial charge in [-0.25, -0.2) is 9.37 Å². The summed E-state index contributed by atoms with van der Waals surface area (Å²) in [6, 6.07) is 10.3. The Balaban J connectivity index is 1.82. The molecule has 0 spiro atoms. The van der Waals surface area contributed by atoms with Gasteiger partial charge in [-0.2, -0.15) is 0 Å². The number of nitro groups is 1. The first-order valence-corrected chi connectivity index (χ1v) is 10.1. The molecule has 0 fully saturated rings. The van der Waals surface area contributed by atoms with E-state index < -0.39 is 4.92 Å². The molecule has 3 aromatic rings. The quantitative estimate of drug-likeness (QED) is 0.303. The Morgan fingerprint density at radius 1 is 1.20 bits per heavy atom. The molecule has 0 atom stereocenters. The maximum atomic E-state index is 13.5. The van der Waals surface area contributed by atoms with Crippen molar-refractivity contribution in [2.75, 3.05) is 32.1 Å². The molecule has 7 nitrogen and oxygen atoms in total. The van der Waals surface area contributed by atoms with E-state index in [1.54, 1.807) is 29.2 Å². The molecule has 9 heteroatoms. The van der Waals surface area contributed by atoms with Crippen molar-refractivity contribution in [3.05, 3.63) is 70.0 Å². The molecule has 0 aliphatic carbocycles. The minimum atomic E-state index is -0.471. The molecular formula is C21H21FN4O3S. The monoisotopic (exact) mass is 428 g/mol. The molecule has 0 N–H and O–H groups in total. The molecule has 0 saturated carbocycles. The van der Waals surface area contributed by atoms with Crippen molar-refractivity contribution in [1.82, 2.24) is 9.88 Å². The highest BCUT2D eigenvalue weighted by atomic mass is 32.1. The van der Waals surface area contributed by atoms with Gasteiger partial charge in [-0.1, -0.05) is 11.3 Å². The maximum absolute atomic E-state index is 13.5. The minimum absolute atomic E-state index is 0.00880. The molecule has 1 amide bonds. The third-order valence-electron chi connectivity index (χ3n) is 4.35. The van der Waals surface area contributed by atoms with Crippen molar-refractivity contribution in [3.8, 4) is 0 Å². The maximum Gasteiger partial charge on any atom is 0.269 e. The second kappa shape index (κ2) is 9.55. The van der Waals surface area contributed by atoms with Crippen molar-refractivity contribution in [2.24, 2.45) is 0 Å². The Bertz CT molecular complexity index is 1080. The largest absolute Gasteiger partial charge is 0.309 e. The van der Waals surface area contributed by atoms with Gasteiger partial charge < -0.3 is 4.90 Å². The van der Waals surface area contributed by atoms with Gasteiger partial charge >= 0.3 is 0 Å². The number of thiazole rings is 1. The lowest BCUT2D eigenvalue weighted by molar-refractivity contribution is -0.384. The number of hydrogen-bond donors (Lipinski definition) is 0. The molecule has 156 valence electrons. The van der Waals surface area contributed by atoms with E-state index in [4.69, 9.17) is 0 Å². The molecule has 3 rings (SSSR count). The van der Waals surface area contributed by atoms with Gasteiger partial charge in [-0.15, -0.1) is 0 Å². The van der Waals surface area contributed by atoms with Gasteiger partial charge in [-0.05, 0) is 69.0 Å². The van der Waals surface area contributed by atoms with Crippen LogP contribution in [0.3, 0.4) is 0 Å². The third-order valence-corrected chi connectivity index (χ3v) is 5.39. The number of amides is 1. The lowest BCUT2D eigenvalue weighted by Gasteiger charge is -2.19. The van der Waals surface area contributed by atoms with Crippen molar-refractivity contribution in [1.29, 1.82) is 0 Å². The van der Waals surface area contributed by atoms with Crippen molar-refractivity contribution in [3.63, 3.8) is 0 Å². The molecule has 2 aromatic carbocycles. The van der Waals surface area contributed by atoms with Crippen LogP contribution in [0.4, 0.5) is 15.2 Å². The van der Waals surface area contributed by atoms with Crippen LogP contribution in [0.15, 0.2) is 48.5 Å². The SMILES string of the molecule is CN(C)CCCN(C(=O)/C=C\c1ccc([N+](=O)[O-])cc1)c1nc2ccc(F)cc2s1. The number of hydrogen-bond acceptors (Lipinski definition) is 6. The van der Waals surface area contributed by atoms with Crippen LogP contribution >= 0.6 is 11.3 Å². The van der Waals surface area contributed by atoms with Gasteiger partial charge in [0, 0.05) is 24.8 Å². The topological polar surface area (TPSA) is 79.6 Å². The highest BCUT2D eigenvalue weighted by Gasteiger charge is 2.18. The van der Waals surface area contributed by atoms with E-state index in [9.17, 15) is 19.3 Å². The zero-order chi connectivity index (χ0) is 21.7. The Hall–Kier alpha value is -3.17. The fourth-order valence-corrected chi connectivity index (χ4v) is 3.83. The van der Waals surface area contributed by atoms with Crippen LogP contribution in [-0.4, -0.2) is 47.9 Å². The first-order valence-electron chi connectivity index (χ1n) is 9.28. The van der Waals surface area contributed by atoms with Gasteiger partial charge in [0.2, 0.25) is 0 Å². The smallest absolute Gasteiger partial charge is 0.269 e. The van der Waals surface area contributed by atoms with Gasteiger partial charge in [-0.3, -0.25) is 19.8 Å². The van der Waals surface area contributed by atoms with E-state index in [1.165, 1.54) is 41.7 Å². The van der Waals surface area contributed by atoms with E-state index in [2.05, 4.69) is 4.98 Å². The fourth-order valence-electron chi connectivity index (χ4n) is 2.81. The van der Waals surface area contributed by atoms with Gasteiger partial charge in [0.25, 0.3) is 11.6 Å². The van der Waals surface area contributed by atoms with Gasteiger partial charge in [0.15, 0.2) is 5.13 Å². The van der Waals surface area contributed by atoms with Crippen molar-refractivity contribution in [2.45, 2.75) is 6.42 Å². The van der Waals surface area contributed by atoms with Crippen LogP contribution in [0.2, 0.25) is 0 Å². The average molecular weight is 428 g/mol. The molecule has 30 heavy (non-hydrogen) atoms. The Labute approximate surface area is 177 Å². The molecular weight excluding hydrogens is 407 g/mol. The predicted molar refractivity (Wildman–Crippen MR) is 117 cm³/mol. The number of carbonyl (C=O) groups excluding carboxylic acids is 1. The standard InChI is InChI=1S/C21H21FN4O3S/c1-24(2)12-3-13-25(21-23-18-10-7-16(22)14-19(18)30-21)20(27)11-6-15-4-8-17(9-5-15)26(28)29/h4-11,14H,3,12-13H2,1-2H3/b11-6-. The van der Waals surface area contributed by atoms with E-state index >= 15 is 0 Å². The summed E-state index contributed by atoms with van der Waals surface area (Å²) in [6.45, 7) is 1.26. The van der Waals surface area contributed by atoms with Crippen LogP contribution in [0.25, 0.3) is 16.3 Å². The Kier molecular flexibility index (Phi) is 6.86. The van der Waals surface area contributed by atoms with E-state index in [0.29, 0.717) is 27.5 Å². The predicted octanol–water partition coefficient (Wildman–Crippen LogP) is 4.34. The summed E-state index contributed by atoms with van der Waals surface area (Å²) < 4.78 is 14.2. The summed E-state index contributed by atoms with van der Waals surface area (Å²) in [5.41, 5.74) is 1.31. The molecule has 0 radical (unpaired) electrons. The number of fused-ring (bicyclic) bond motifs is 1. The Morgan fingerprint density at radius 3 is 2.60 bits per heavy atom. The zero-order valence-corrected chi connectivity index (χ0v) is 17.4. The molecule has 0 aliphatic heterocycles. The summed E-state index contributed by atoms with van der Waals surface area (Å²) >= 11 is 1.27. The molecule has 0 saturated heterocycles. The Morgan fingerprint density at radius 2 is 1.93 bits per heavy atom. The number of non-ortho nitro benzene ring substituents is 1. The van der Waals surface area contributed by atoms with Gasteiger partial charge in [0.1, 0.15) is 5.82 Å². The first kappa shape index (κ1) is 21.5. The van der Waals surface area contributed by atoms with Crippen LogP contribution in [0, 0.1) is 15.9 Å². The minimum Gasteiger partial charge on any atom is -0.309 e. The molecule has 1 heterocycles. The van der Waals surface area contributed by atoms with Crippen LogP contribution < -0.4 is 4.90 Å². The van der Waals surface area contributed by atoms with Crippen LogP contribution in [0.5, 0.6) is 0 Å². The summed E-state index contributed by atoms with van der Waals surface area (Å²) in [6.07, 6.45) is 3.77. The second-order valence-electron chi connectivity index (χ2n) is 6.94. The fraction of sp³-hybridized carbons (Fsp3) is 0.238. The van der Waals surface area contributed by atoms with Crippen molar-refractivity contribution >= 4 is 44.4 Å². The highest BCUT2D eigenvalue weighted by Crippen LogP contribution is 2.30. The number of aromatic nitrogens is 1. The number of nitro benzene ring substituents is 1. The van der Waals surface area contributed by atoms with Crippen molar-refractivity contribution < 1.29 is 14.1 Å². The number of carbonyl (C=O) groups is 1. The molecule has 0 bridgehead atoms. The summed E-state index contributed by atoms with van der Waals surface area (Å²) in [5.74, 6) is -0.604. The molecule has 0 aliphatic rings. The van der Waals surface area contributed by atoms with E-state index in [1.807, 2.05) is 19.0 Å². The number of benzene rings is 2. The first-order chi connectivity index (χ1) is 14.3. The zero-order valence-electron chi connectivity index (χ0n) is 16.6.